The molecule has 0 saturated carbocycles. The molecule has 1 unspecified atom stereocenters. The second-order valence-corrected chi connectivity index (χ2v) is 19.4. The summed E-state index contributed by atoms with van der Waals surface area (Å²) in [5.74, 6) is 1.49. The first kappa shape index (κ1) is 40.2. The topological polar surface area (TPSA) is 41.7 Å². The number of hydrogen-bond acceptors (Lipinski definition) is 3. The van der Waals surface area contributed by atoms with Crippen molar-refractivity contribution < 1.29 is 0 Å². The van der Waals surface area contributed by atoms with Crippen LogP contribution in [0.2, 0.25) is 0 Å². The summed E-state index contributed by atoms with van der Waals surface area (Å²) in [6, 6.07) is 84.1. The van der Waals surface area contributed by atoms with Gasteiger partial charge < -0.3 is 9.88 Å². The zero-order valence-corrected chi connectivity index (χ0v) is 38.9. The number of fused-ring (bicyclic) bond motifs is 12. The smallest absolute Gasteiger partial charge is 0.159 e. The zero-order chi connectivity index (χ0) is 46.5. The van der Waals surface area contributed by atoms with Gasteiger partial charge in [0.25, 0.3) is 0 Å². The lowest BCUT2D eigenvalue weighted by Gasteiger charge is -2.23. The molecule has 0 amide bonds. The summed E-state index contributed by atoms with van der Waals surface area (Å²) < 4.78 is 2.42. The van der Waals surface area contributed by atoms with Gasteiger partial charge >= 0.3 is 0 Å². The van der Waals surface area contributed by atoms with Gasteiger partial charge in [0.2, 0.25) is 0 Å². The van der Waals surface area contributed by atoms with Gasteiger partial charge in [0, 0.05) is 33.0 Å². The second-order valence-electron chi connectivity index (χ2n) is 19.4. The minimum absolute atomic E-state index is 0.0501. The number of aromatic nitrogens is 1. The lowest BCUT2D eigenvalue weighted by atomic mass is 9.82. The van der Waals surface area contributed by atoms with Crippen LogP contribution in [0.3, 0.4) is 0 Å². The van der Waals surface area contributed by atoms with Gasteiger partial charge in [-0.25, -0.2) is 9.98 Å². The molecule has 0 fully saturated rings. The maximum atomic E-state index is 5.25. The molecule has 2 aliphatic rings. The van der Waals surface area contributed by atoms with Crippen LogP contribution in [-0.4, -0.2) is 16.2 Å². The van der Waals surface area contributed by atoms with Gasteiger partial charge in [-0.3, -0.25) is 0 Å². The molecule has 4 nitrogen and oxygen atoms in total. The minimum atomic E-state index is -0.289. The highest BCUT2D eigenvalue weighted by molar-refractivity contribution is 6.26. The summed E-state index contributed by atoms with van der Waals surface area (Å²) in [5.41, 5.74) is 16.5. The third kappa shape index (κ3) is 6.30. The van der Waals surface area contributed by atoms with E-state index >= 15 is 0 Å². The molecule has 1 aliphatic heterocycles. The molecule has 0 radical (unpaired) electrons. The standard InChI is InChI=1S/C66H46N4/c1-66(2)59-27-14-13-26-54(59)56-38-44(29-33-60(56)66)46-31-35-62-58(40-46)57-39-45(43-28-32-53-51-24-10-9-22-49(51)50-23-11-12-25-52(50)55(53)37-43)30-34-61(57)70(62)48-21-15-20-47(36-48)65-68-63(41-16-5-3-6-17-41)67-64(69-65)42-18-7-4-8-19-42/h3-40,63H,1-2H3,(H,67,68,69). The van der Waals surface area contributed by atoms with Crippen LogP contribution in [0.5, 0.6) is 0 Å². The van der Waals surface area contributed by atoms with E-state index in [0.29, 0.717) is 5.84 Å². The number of nitrogens with one attached hydrogen (secondary N) is 1. The van der Waals surface area contributed by atoms with Gasteiger partial charge in [-0.1, -0.05) is 196 Å². The Morgan fingerprint density at radius 3 is 1.59 bits per heavy atom. The number of nitrogens with zero attached hydrogens (tertiary/aromatic N) is 3. The second kappa shape index (κ2) is 15.6. The Kier molecular flexibility index (Phi) is 8.96. The molecule has 1 aromatic heterocycles. The fourth-order valence-electron chi connectivity index (χ4n) is 11.6. The normalized spacial score (nSPS) is 15.0. The van der Waals surface area contributed by atoms with Gasteiger partial charge in [-0.15, -0.1) is 0 Å². The van der Waals surface area contributed by atoms with Crippen LogP contribution in [-0.2, 0) is 5.41 Å². The van der Waals surface area contributed by atoms with Crippen LogP contribution in [0.25, 0.3) is 93.2 Å². The summed E-state index contributed by atoms with van der Waals surface area (Å²) >= 11 is 0. The van der Waals surface area contributed by atoms with E-state index in [1.54, 1.807) is 0 Å². The molecule has 14 rings (SSSR count). The van der Waals surface area contributed by atoms with E-state index in [4.69, 9.17) is 9.98 Å². The van der Waals surface area contributed by atoms with Crippen molar-refractivity contribution in [3.05, 3.63) is 258 Å². The molecular formula is C66H46N4. The van der Waals surface area contributed by atoms with Crippen molar-refractivity contribution >= 4 is 65.8 Å². The number of hydrogen-bond donors (Lipinski definition) is 1. The fraction of sp³-hybridized carbons (Fsp3) is 0.0606. The first-order valence-corrected chi connectivity index (χ1v) is 24.3. The molecule has 330 valence electrons. The number of benzene rings is 11. The lowest BCUT2D eigenvalue weighted by molar-refractivity contribution is 0.660. The Morgan fingerprint density at radius 1 is 0.386 bits per heavy atom. The van der Waals surface area contributed by atoms with Crippen LogP contribution >= 0.6 is 0 Å². The van der Waals surface area contributed by atoms with Crippen molar-refractivity contribution in [1.82, 2.24) is 9.88 Å². The van der Waals surface area contributed by atoms with E-state index in [0.717, 1.165) is 39.2 Å². The number of rotatable bonds is 6. The zero-order valence-electron chi connectivity index (χ0n) is 38.9. The SMILES string of the molecule is CC1(C)c2ccccc2-c2cc(-c3ccc4c(c3)c3cc(-c5ccc6c7ccccc7c7ccccc7c6c5)ccc3n4-c3cccc(C4=NC(c5ccccc5)NC(c5ccccc5)=N4)c3)ccc21. The molecule has 1 aliphatic carbocycles. The molecule has 4 heteroatoms. The third-order valence-electron chi connectivity index (χ3n) is 15.0. The van der Waals surface area contributed by atoms with Crippen LogP contribution in [0, 0.1) is 0 Å². The molecule has 1 N–H and O–H groups in total. The maximum absolute atomic E-state index is 5.25. The van der Waals surface area contributed by atoms with Gasteiger partial charge in [0.05, 0.1) is 11.0 Å². The number of amidine groups is 2. The highest BCUT2D eigenvalue weighted by Crippen LogP contribution is 2.50. The average Bonchev–Trinajstić information content (AvgIpc) is 3.88. The van der Waals surface area contributed by atoms with Crippen molar-refractivity contribution in [2.45, 2.75) is 25.4 Å². The predicted octanol–water partition coefficient (Wildman–Crippen LogP) is 16.4. The average molecular weight is 895 g/mol. The molecule has 0 saturated heterocycles. The first-order chi connectivity index (χ1) is 34.4. The monoisotopic (exact) mass is 894 g/mol. The summed E-state index contributed by atoms with van der Waals surface area (Å²) in [7, 11) is 0. The molecule has 70 heavy (non-hydrogen) atoms. The van der Waals surface area contributed by atoms with Crippen LogP contribution in [0.15, 0.2) is 241 Å². The molecule has 0 bridgehead atoms. The van der Waals surface area contributed by atoms with E-state index in [1.165, 1.54) is 87.6 Å². The van der Waals surface area contributed by atoms with Gasteiger partial charge in [-0.05, 0) is 131 Å². The summed E-state index contributed by atoms with van der Waals surface area (Å²) in [6.07, 6.45) is -0.289. The van der Waals surface area contributed by atoms with Gasteiger partial charge in [-0.2, -0.15) is 0 Å². The third-order valence-corrected chi connectivity index (χ3v) is 15.0. The van der Waals surface area contributed by atoms with E-state index in [-0.39, 0.29) is 11.6 Å². The molecule has 1 atom stereocenters. The Hall–Kier alpha value is -8.86. The van der Waals surface area contributed by atoms with E-state index in [1.807, 2.05) is 12.1 Å². The van der Waals surface area contributed by atoms with Crippen molar-refractivity contribution in [3.8, 4) is 39.1 Å². The molecular weight excluding hydrogens is 849 g/mol. The molecule has 0 spiro atoms. The highest BCUT2D eigenvalue weighted by Gasteiger charge is 2.35. The van der Waals surface area contributed by atoms with Crippen molar-refractivity contribution in [1.29, 1.82) is 0 Å². The summed E-state index contributed by atoms with van der Waals surface area (Å²) in [5, 5.41) is 13.7. The molecule has 12 aromatic rings. The summed E-state index contributed by atoms with van der Waals surface area (Å²) in [6.45, 7) is 4.69. The predicted molar refractivity (Wildman–Crippen MR) is 294 cm³/mol. The Bertz CT molecular complexity index is 4140. The maximum Gasteiger partial charge on any atom is 0.159 e. The van der Waals surface area contributed by atoms with Crippen LogP contribution in [0.4, 0.5) is 0 Å². The molecule has 2 heterocycles. The van der Waals surface area contributed by atoms with Gasteiger partial charge in [0.15, 0.2) is 5.84 Å². The first-order valence-electron chi connectivity index (χ1n) is 24.3. The Labute approximate surface area is 406 Å². The van der Waals surface area contributed by atoms with E-state index < -0.39 is 0 Å². The molecule has 11 aromatic carbocycles. The van der Waals surface area contributed by atoms with E-state index in [2.05, 4.69) is 242 Å². The minimum Gasteiger partial charge on any atom is -0.344 e. The fourth-order valence-corrected chi connectivity index (χ4v) is 11.6. The van der Waals surface area contributed by atoms with Crippen molar-refractivity contribution in [2.24, 2.45) is 9.98 Å². The highest BCUT2D eigenvalue weighted by atomic mass is 15.2. The number of aliphatic imine (C=N–C) groups is 2. The largest absolute Gasteiger partial charge is 0.344 e. The summed E-state index contributed by atoms with van der Waals surface area (Å²) in [4.78, 5) is 10.4. The Morgan fingerprint density at radius 2 is 0.900 bits per heavy atom. The van der Waals surface area contributed by atoms with Crippen LogP contribution in [0.1, 0.15) is 47.8 Å². The Balaban J connectivity index is 0.955. The quantitative estimate of drug-likeness (QED) is 0.166. The van der Waals surface area contributed by atoms with Crippen molar-refractivity contribution in [3.63, 3.8) is 0 Å². The van der Waals surface area contributed by atoms with E-state index in [9.17, 15) is 0 Å². The van der Waals surface area contributed by atoms with Crippen LogP contribution < -0.4 is 5.32 Å². The van der Waals surface area contributed by atoms with Gasteiger partial charge in [0.1, 0.15) is 12.0 Å². The lowest BCUT2D eigenvalue weighted by Crippen LogP contribution is -2.33. The van der Waals surface area contributed by atoms with Crippen molar-refractivity contribution in [2.75, 3.05) is 0 Å².